The van der Waals surface area contributed by atoms with Crippen LogP contribution in [-0.4, -0.2) is 27.5 Å². The van der Waals surface area contributed by atoms with Gasteiger partial charge in [-0.1, -0.05) is 6.92 Å². The molecular weight excluding hydrogens is 296 g/mol. The van der Waals surface area contributed by atoms with E-state index >= 15 is 0 Å². The van der Waals surface area contributed by atoms with Gasteiger partial charge in [0.15, 0.2) is 0 Å². The summed E-state index contributed by atoms with van der Waals surface area (Å²) in [5.41, 5.74) is 2.98. The summed E-state index contributed by atoms with van der Waals surface area (Å²) < 4.78 is 6.91. The van der Waals surface area contributed by atoms with E-state index in [1.165, 1.54) is 6.26 Å². The van der Waals surface area contributed by atoms with Gasteiger partial charge in [0.2, 0.25) is 0 Å². The number of carbonyl (C=O) groups excluding carboxylic acids is 1. The first-order valence-corrected chi connectivity index (χ1v) is 7.70. The van der Waals surface area contributed by atoms with Crippen LogP contribution in [0.5, 0.6) is 0 Å². The Balaban J connectivity index is 1.95. The molecule has 2 aromatic heterocycles. The number of aliphatic hydroxyl groups excluding tert-OH is 1. The predicted molar refractivity (Wildman–Crippen MR) is 85.9 cm³/mol. The van der Waals surface area contributed by atoms with Crippen molar-refractivity contribution in [3.05, 3.63) is 41.1 Å². The molecule has 2 heterocycles. The van der Waals surface area contributed by atoms with Crippen molar-refractivity contribution >= 4 is 6.03 Å². The van der Waals surface area contributed by atoms with Crippen LogP contribution in [0.2, 0.25) is 0 Å². The van der Waals surface area contributed by atoms with Crippen molar-refractivity contribution in [2.45, 2.75) is 39.3 Å². The van der Waals surface area contributed by atoms with Gasteiger partial charge in [0.05, 0.1) is 24.5 Å². The molecule has 0 spiro atoms. The van der Waals surface area contributed by atoms with E-state index in [4.69, 9.17) is 4.42 Å². The Kier molecular flexibility index (Phi) is 5.44. The minimum absolute atomic E-state index is 0.0841. The third-order valence-corrected chi connectivity index (χ3v) is 3.95. The second-order valence-corrected chi connectivity index (χ2v) is 5.55. The van der Waals surface area contributed by atoms with Gasteiger partial charge in [-0.05, 0) is 32.4 Å². The van der Waals surface area contributed by atoms with Gasteiger partial charge < -0.3 is 20.2 Å². The number of nitrogens with one attached hydrogen (secondary N) is 2. The topological polar surface area (TPSA) is 92.3 Å². The molecular formula is C16H24N4O3. The fourth-order valence-corrected chi connectivity index (χ4v) is 2.65. The van der Waals surface area contributed by atoms with Crippen molar-refractivity contribution in [2.75, 3.05) is 6.54 Å². The number of urea groups is 1. The second-order valence-electron chi connectivity index (χ2n) is 5.55. The van der Waals surface area contributed by atoms with E-state index in [-0.39, 0.29) is 18.6 Å². The lowest BCUT2D eigenvalue weighted by Gasteiger charge is -2.19. The Morgan fingerprint density at radius 1 is 1.48 bits per heavy atom. The van der Waals surface area contributed by atoms with Gasteiger partial charge in [0.25, 0.3) is 0 Å². The Morgan fingerprint density at radius 2 is 2.22 bits per heavy atom. The van der Waals surface area contributed by atoms with Crippen molar-refractivity contribution in [2.24, 2.45) is 7.05 Å². The lowest BCUT2D eigenvalue weighted by atomic mass is 10.0. The number of aryl methyl sites for hydroxylation is 2. The maximum atomic E-state index is 12.1. The predicted octanol–water partition coefficient (Wildman–Crippen LogP) is 2.11. The second kappa shape index (κ2) is 7.32. The van der Waals surface area contributed by atoms with Crippen LogP contribution in [0.25, 0.3) is 0 Å². The van der Waals surface area contributed by atoms with E-state index in [1.807, 2.05) is 32.5 Å². The van der Waals surface area contributed by atoms with Gasteiger partial charge >= 0.3 is 6.03 Å². The average molecular weight is 320 g/mol. The fourth-order valence-electron chi connectivity index (χ4n) is 2.65. The quantitative estimate of drug-likeness (QED) is 0.760. The first kappa shape index (κ1) is 17.1. The molecule has 0 fully saturated rings. The van der Waals surface area contributed by atoms with Crippen molar-refractivity contribution in [1.82, 2.24) is 20.4 Å². The molecule has 3 N–H and O–H groups in total. The molecule has 126 valence electrons. The molecule has 0 radical (unpaired) electrons. The van der Waals surface area contributed by atoms with Crippen molar-refractivity contribution in [3.63, 3.8) is 0 Å². The standard InChI is InChI=1S/C16H24N4O3/c1-5-12(15-10(2)19-20(4)11(15)3)18-16(22)17-9-13(21)14-7-6-8-23-14/h6-8,12-13,21H,5,9H2,1-4H3,(H2,17,18,22). The number of hydrogen-bond acceptors (Lipinski definition) is 4. The number of furan rings is 1. The van der Waals surface area contributed by atoms with Crippen LogP contribution in [0.4, 0.5) is 4.79 Å². The number of hydrogen-bond donors (Lipinski definition) is 3. The summed E-state index contributed by atoms with van der Waals surface area (Å²) in [5, 5.41) is 19.9. The number of rotatable bonds is 6. The Labute approximate surface area is 135 Å². The van der Waals surface area contributed by atoms with E-state index in [0.717, 1.165) is 23.4 Å². The maximum Gasteiger partial charge on any atom is 0.315 e. The number of carbonyl (C=O) groups is 1. The van der Waals surface area contributed by atoms with Crippen LogP contribution >= 0.6 is 0 Å². The molecule has 0 aliphatic heterocycles. The summed E-state index contributed by atoms with van der Waals surface area (Å²) in [4.78, 5) is 12.1. The smallest absolute Gasteiger partial charge is 0.315 e. The van der Waals surface area contributed by atoms with E-state index in [2.05, 4.69) is 15.7 Å². The minimum Gasteiger partial charge on any atom is -0.467 e. The van der Waals surface area contributed by atoms with E-state index < -0.39 is 6.10 Å². The zero-order valence-electron chi connectivity index (χ0n) is 14.0. The fraction of sp³-hybridized carbons (Fsp3) is 0.500. The molecule has 7 heteroatoms. The molecule has 2 rings (SSSR count). The van der Waals surface area contributed by atoms with Crippen LogP contribution in [-0.2, 0) is 7.05 Å². The molecule has 23 heavy (non-hydrogen) atoms. The molecule has 0 aliphatic rings. The lowest BCUT2D eigenvalue weighted by molar-refractivity contribution is 0.147. The Morgan fingerprint density at radius 3 is 2.74 bits per heavy atom. The van der Waals surface area contributed by atoms with E-state index in [1.54, 1.807) is 12.1 Å². The molecule has 2 unspecified atom stereocenters. The molecule has 7 nitrogen and oxygen atoms in total. The zero-order valence-corrected chi connectivity index (χ0v) is 14.0. The number of aliphatic hydroxyl groups is 1. The Hall–Kier alpha value is -2.28. The minimum atomic E-state index is -0.863. The number of nitrogens with zero attached hydrogens (tertiary/aromatic N) is 2. The van der Waals surface area contributed by atoms with Crippen molar-refractivity contribution in [1.29, 1.82) is 0 Å². The van der Waals surface area contributed by atoms with Crippen molar-refractivity contribution < 1.29 is 14.3 Å². The molecule has 0 saturated heterocycles. The molecule has 0 saturated carbocycles. The normalized spacial score (nSPS) is 13.6. The van der Waals surface area contributed by atoms with Gasteiger partial charge in [-0.15, -0.1) is 0 Å². The first-order chi connectivity index (χ1) is 10.9. The van der Waals surface area contributed by atoms with E-state index in [9.17, 15) is 9.90 Å². The Bertz CT molecular complexity index is 649. The van der Waals surface area contributed by atoms with Gasteiger partial charge in [-0.2, -0.15) is 5.10 Å². The van der Waals surface area contributed by atoms with E-state index in [0.29, 0.717) is 5.76 Å². The highest BCUT2D eigenvalue weighted by Gasteiger charge is 2.21. The van der Waals surface area contributed by atoms with Crippen LogP contribution in [0.15, 0.2) is 22.8 Å². The monoisotopic (exact) mass is 320 g/mol. The van der Waals surface area contributed by atoms with Crippen molar-refractivity contribution in [3.8, 4) is 0 Å². The molecule has 0 bridgehead atoms. The summed E-state index contributed by atoms with van der Waals surface area (Å²) in [6.45, 7) is 6.01. The average Bonchev–Trinajstić information content (AvgIpc) is 3.13. The zero-order chi connectivity index (χ0) is 17.0. The molecule has 2 atom stereocenters. The summed E-state index contributed by atoms with van der Waals surface area (Å²) >= 11 is 0. The molecule has 0 aromatic carbocycles. The van der Waals surface area contributed by atoms with Crippen LogP contribution < -0.4 is 10.6 Å². The molecule has 2 amide bonds. The molecule has 0 aliphatic carbocycles. The summed E-state index contributed by atoms with van der Waals surface area (Å²) in [6, 6.07) is 2.91. The first-order valence-electron chi connectivity index (χ1n) is 7.70. The highest BCUT2D eigenvalue weighted by Crippen LogP contribution is 2.23. The summed E-state index contributed by atoms with van der Waals surface area (Å²) in [7, 11) is 1.89. The lowest BCUT2D eigenvalue weighted by Crippen LogP contribution is -2.40. The highest BCUT2D eigenvalue weighted by molar-refractivity contribution is 5.74. The number of aromatic nitrogens is 2. The van der Waals surface area contributed by atoms with Gasteiger partial charge in [0, 0.05) is 18.3 Å². The van der Waals surface area contributed by atoms with Crippen LogP contribution in [0.3, 0.4) is 0 Å². The third-order valence-electron chi connectivity index (χ3n) is 3.95. The highest BCUT2D eigenvalue weighted by atomic mass is 16.4. The van der Waals surface area contributed by atoms with Crippen LogP contribution in [0, 0.1) is 13.8 Å². The summed E-state index contributed by atoms with van der Waals surface area (Å²) in [6.07, 6.45) is 1.37. The third kappa shape index (κ3) is 3.92. The molecule has 2 aromatic rings. The van der Waals surface area contributed by atoms with Crippen LogP contribution in [0.1, 0.15) is 48.2 Å². The SMILES string of the molecule is CCC(NC(=O)NCC(O)c1ccco1)c1c(C)nn(C)c1C. The van der Waals surface area contributed by atoms with Gasteiger partial charge in [-0.25, -0.2) is 4.79 Å². The maximum absolute atomic E-state index is 12.1. The van der Waals surface area contributed by atoms with Gasteiger partial charge in [-0.3, -0.25) is 4.68 Å². The van der Waals surface area contributed by atoms with Gasteiger partial charge in [0.1, 0.15) is 11.9 Å². The largest absolute Gasteiger partial charge is 0.467 e. The summed E-state index contributed by atoms with van der Waals surface area (Å²) in [5.74, 6) is 0.427. The number of amides is 2.